The average Bonchev–Trinajstić information content (AvgIpc) is 2.66. The van der Waals surface area contributed by atoms with Gasteiger partial charge < -0.3 is 20.5 Å². The van der Waals surface area contributed by atoms with Crippen LogP contribution in [0.25, 0.3) is 0 Å². The Bertz CT molecular complexity index is 957. The van der Waals surface area contributed by atoms with E-state index in [0.29, 0.717) is 22.6 Å². The van der Waals surface area contributed by atoms with Crippen molar-refractivity contribution in [1.82, 2.24) is 0 Å². The fourth-order valence-electron chi connectivity index (χ4n) is 3.25. The third-order valence-electron chi connectivity index (χ3n) is 4.57. The van der Waals surface area contributed by atoms with Gasteiger partial charge in [0.1, 0.15) is 17.5 Å². The molecular weight excluding hydrogens is 342 g/mol. The Kier molecular flexibility index (Phi) is 4.72. The lowest BCUT2D eigenvalue weighted by Gasteiger charge is -2.46. The van der Waals surface area contributed by atoms with Crippen molar-refractivity contribution in [2.45, 2.75) is 31.6 Å². The summed E-state index contributed by atoms with van der Waals surface area (Å²) in [6.45, 7) is 3.54. The minimum absolute atomic E-state index is 0.0567. The number of nitrogens with zero attached hydrogens (tertiary/aromatic N) is 4. The number of guanidine groups is 1. The zero-order valence-electron chi connectivity index (χ0n) is 15.0. The zero-order valence-corrected chi connectivity index (χ0v) is 15.0. The predicted octanol–water partition coefficient (Wildman–Crippen LogP) is 2.43. The molecule has 0 aliphatic carbocycles. The molecule has 0 radical (unpaired) electrons. The van der Waals surface area contributed by atoms with Crippen LogP contribution in [0.3, 0.4) is 0 Å². The number of nitriles is 2. The van der Waals surface area contributed by atoms with E-state index in [9.17, 15) is 10.4 Å². The lowest BCUT2D eigenvalue weighted by molar-refractivity contribution is -0.0565. The van der Waals surface area contributed by atoms with E-state index in [1.54, 1.807) is 43.1 Å². The topological polar surface area (TPSA) is 119 Å². The highest BCUT2D eigenvalue weighted by atomic mass is 16.5. The van der Waals surface area contributed by atoms with Gasteiger partial charge in [0.2, 0.25) is 12.2 Å². The van der Waals surface area contributed by atoms with Gasteiger partial charge >= 0.3 is 0 Å². The standard InChI is InChI=1S/C20H19N5O2/c1-20(2)18(26)17(15-10-13(11-21)8-9-16(15)27-20)25(19(23)24-12-22)14-6-4-3-5-7-14/h3-10,17-18,26H,1-2H3,(H2,23,24)/t17-,18+/m0/s1. The molecule has 3 N–H and O–H groups in total. The van der Waals surface area contributed by atoms with Gasteiger partial charge in [-0.05, 0) is 44.2 Å². The van der Waals surface area contributed by atoms with Crippen LogP contribution in [0.5, 0.6) is 5.75 Å². The van der Waals surface area contributed by atoms with E-state index in [0.717, 1.165) is 0 Å². The first-order chi connectivity index (χ1) is 12.9. The molecule has 0 saturated heterocycles. The lowest BCUT2D eigenvalue weighted by Crippen LogP contribution is -2.56. The van der Waals surface area contributed by atoms with E-state index in [4.69, 9.17) is 15.7 Å². The highest BCUT2D eigenvalue weighted by molar-refractivity contribution is 5.96. The van der Waals surface area contributed by atoms with Gasteiger partial charge in [0.05, 0.1) is 17.7 Å². The van der Waals surface area contributed by atoms with E-state index < -0.39 is 17.7 Å². The molecule has 27 heavy (non-hydrogen) atoms. The van der Waals surface area contributed by atoms with Crippen LogP contribution in [0.4, 0.5) is 5.69 Å². The van der Waals surface area contributed by atoms with Crippen LogP contribution >= 0.6 is 0 Å². The third kappa shape index (κ3) is 3.29. The first-order valence-corrected chi connectivity index (χ1v) is 8.36. The summed E-state index contributed by atoms with van der Waals surface area (Å²) in [5.74, 6) is 0.485. The number of fused-ring (bicyclic) bond motifs is 1. The van der Waals surface area contributed by atoms with Crippen LogP contribution in [0.15, 0.2) is 53.5 Å². The van der Waals surface area contributed by atoms with Crippen molar-refractivity contribution < 1.29 is 9.84 Å². The summed E-state index contributed by atoms with van der Waals surface area (Å²) < 4.78 is 5.96. The Morgan fingerprint density at radius 2 is 1.93 bits per heavy atom. The number of ether oxygens (including phenoxy) is 1. The molecule has 7 nitrogen and oxygen atoms in total. The molecule has 0 saturated carbocycles. The smallest absolute Gasteiger partial charge is 0.212 e. The molecule has 1 heterocycles. The number of hydrogen-bond acceptors (Lipinski definition) is 5. The molecule has 2 atom stereocenters. The highest BCUT2D eigenvalue weighted by Crippen LogP contribution is 2.44. The summed E-state index contributed by atoms with van der Waals surface area (Å²) in [7, 11) is 0. The molecule has 0 bridgehead atoms. The van der Waals surface area contributed by atoms with Crippen molar-refractivity contribution in [3.8, 4) is 18.0 Å². The normalized spacial score (nSPS) is 20.6. The Morgan fingerprint density at radius 3 is 2.56 bits per heavy atom. The molecule has 0 unspecified atom stereocenters. The molecule has 2 aromatic carbocycles. The van der Waals surface area contributed by atoms with E-state index in [2.05, 4.69) is 11.1 Å². The number of hydrogen-bond donors (Lipinski definition) is 2. The van der Waals surface area contributed by atoms with Crippen molar-refractivity contribution in [2.75, 3.05) is 4.90 Å². The number of rotatable bonds is 2. The summed E-state index contributed by atoms with van der Waals surface area (Å²) in [5.41, 5.74) is 6.86. The summed E-state index contributed by atoms with van der Waals surface area (Å²) in [4.78, 5) is 5.28. The molecule has 136 valence electrons. The molecular formula is C20H19N5O2. The Balaban J connectivity index is 2.26. The number of anilines is 1. The molecule has 0 fully saturated rings. The quantitative estimate of drug-likeness (QED) is 0.482. The number of aliphatic imine (C=N–C) groups is 1. The maximum Gasteiger partial charge on any atom is 0.212 e. The van der Waals surface area contributed by atoms with Crippen molar-refractivity contribution in [3.63, 3.8) is 0 Å². The van der Waals surface area contributed by atoms with E-state index in [-0.39, 0.29) is 5.96 Å². The lowest BCUT2D eigenvalue weighted by atomic mass is 9.84. The minimum Gasteiger partial charge on any atom is -0.485 e. The second-order valence-corrected chi connectivity index (χ2v) is 6.74. The van der Waals surface area contributed by atoms with Gasteiger partial charge in [0, 0.05) is 11.3 Å². The second-order valence-electron chi connectivity index (χ2n) is 6.74. The van der Waals surface area contributed by atoms with Crippen LogP contribution in [-0.2, 0) is 0 Å². The van der Waals surface area contributed by atoms with E-state index in [1.807, 2.05) is 30.3 Å². The molecule has 1 aliphatic rings. The number of para-hydroxylation sites is 1. The van der Waals surface area contributed by atoms with E-state index in [1.165, 1.54) is 0 Å². The summed E-state index contributed by atoms with van der Waals surface area (Å²) in [6, 6.07) is 15.5. The van der Waals surface area contributed by atoms with Gasteiger partial charge in [0.25, 0.3) is 0 Å². The maximum absolute atomic E-state index is 11.1. The maximum atomic E-state index is 11.1. The van der Waals surface area contributed by atoms with Crippen LogP contribution in [0.1, 0.15) is 31.0 Å². The van der Waals surface area contributed by atoms with Crippen LogP contribution < -0.4 is 15.4 Å². The summed E-state index contributed by atoms with van der Waals surface area (Å²) in [6.07, 6.45) is 0.687. The molecule has 2 aromatic rings. The van der Waals surface area contributed by atoms with Gasteiger partial charge in [-0.3, -0.25) is 0 Å². The monoisotopic (exact) mass is 361 g/mol. The van der Waals surface area contributed by atoms with E-state index >= 15 is 0 Å². The number of nitrogens with two attached hydrogens (primary N) is 1. The van der Waals surface area contributed by atoms with Crippen LogP contribution in [0, 0.1) is 22.8 Å². The first-order valence-electron chi connectivity index (χ1n) is 8.36. The van der Waals surface area contributed by atoms with Crippen molar-refractivity contribution in [2.24, 2.45) is 10.7 Å². The van der Waals surface area contributed by atoms with Gasteiger partial charge in [0.15, 0.2) is 0 Å². The molecule has 0 spiro atoms. The van der Waals surface area contributed by atoms with Crippen molar-refractivity contribution >= 4 is 11.6 Å². The zero-order chi connectivity index (χ0) is 19.6. The summed E-state index contributed by atoms with van der Waals surface area (Å²) in [5, 5.41) is 29.4. The summed E-state index contributed by atoms with van der Waals surface area (Å²) >= 11 is 0. The van der Waals surface area contributed by atoms with Crippen LogP contribution in [-0.4, -0.2) is 22.8 Å². The van der Waals surface area contributed by atoms with Crippen molar-refractivity contribution in [3.05, 3.63) is 59.7 Å². The third-order valence-corrected chi connectivity index (χ3v) is 4.57. The SMILES string of the molecule is CC1(C)Oc2ccc(C#N)cc2[C@H](N(C(N)=NC#N)c2ccccc2)[C@H]1O. The average molecular weight is 361 g/mol. The molecule has 7 heteroatoms. The number of aliphatic hydroxyl groups is 1. The predicted molar refractivity (Wildman–Crippen MR) is 101 cm³/mol. The van der Waals surface area contributed by atoms with Crippen LogP contribution in [0.2, 0.25) is 0 Å². The van der Waals surface area contributed by atoms with Gasteiger partial charge in [-0.2, -0.15) is 10.5 Å². The molecule has 0 amide bonds. The Labute approximate surface area is 157 Å². The molecule has 0 aromatic heterocycles. The van der Waals surface area contributed by atoms with Crippen molar-refractivity contribution in [1.29, 1.82) is 10.5 Å². The fourth-order valence-corrected chi connectivity index (χ4v) is 3.25. The second kappa shape index (κ2) is 6.99. The van der Waals surface area contributed by atoms with Gasteiger partial charge in [-0.15, -0.1) is 4.99 Å². The highest BCUT2D eigenvalue weighted by Gasteiger charge is 2.46. The fraction of sp³-hybridized carbons (Fsp3) is 0.250. The van der Waals surface area contributed by atoms with Gasteiger partial charge in [-0.25, -0.2) is 0 Å². The molecule has 3 rings (SSSR count). The Morgan fingerprint density at radius 1 is 1.22 bits per heavy atom. The first kappa shape index (κ1) is 18.2. The Hall–Kier alpha value is -3.55. The molecule has 1 aliphatic heterocycles. The largest absolute Gasteiger partial charge is 0.485 e. The minimum atomic E-state index is -1.01. The number of aliphatic hydroxyl groups excluding tert-OH is 1. The number of benzene rings is 2. The van der Waals surface area contributed by atoms with Gasteiger partial charge in [-0.1, -0.05) is 18.2 Å².